The van der Waals surface area contributed by atoms with E-state index in [4.69, 9.17) is 15.0 Å². The predicted molar refractivity (Wildman–Crippen MR) is 241 cm³/mol. The van der Waals surface area contributed by atoms with Crippen LogP contribution in [0.15, 0.2) is 176 Å². The third-order valence-electron chi connectivity index (χ3n) is 14.7. The van der Waals surface area contributed by atoms with Crippen molar-refractivity contribution in [1.82, 2.24) is 15.0 Å². The molecule has 280 valence electrons. The van der Waals surface area contributed by atoms with E-state index in [0.717, 1.165) is 62.3 Å². The van der Waals surface area contributed by atoms with Crippen LogP contribution in [0, 0.1) is 23.7 Å². The lowest BCUT2D eigenvalue weighted by Crippen LogP contribution is -2.40. The fourth-order valence-corrected chi connectivity index (χ4v) is 12.7. The van der Waals surface area contributed by atoms with Crippen molar-refractivity contribution in [3.8, 4) is 67.5 Å². The molecule has 5 aliphatic carbocycles. The van der Waals surface area contributed by atoms with Gasteiger partial charge in [-0.25, -0.2) is 15.0 Å². The highest BCUT2D eigenvalue weighted by Gasteiger charge is 2.65. The summed E-state index contributed by atoms with van der Waals surface area (Å²) in [4.78, 5) is 16.0. The van der Waals surface area contributed by atoms with E-state index in [-0.39, 0.29) is 5.41 Å². The summed E-state index contributed by atoms with van der Waals surface area (Å²) in [5.41, 5.74) is 14.0. The van der Waals surface area contributed by atoms with Crippen LogP contribution in [0.3, 0.4) is 0 Å². The predicted octanol–water partition coefficient (Wildman–Crippen LogP) is 13.8. The zero-order valence-corrected chi connectivity index (χ0v) is 32.7. The fourth-order valence-electron chi connectivity index (χ4n) is 12.7. The van der Waals surface area contributed by atoms with Crippen LogP contribution in [0.5, 0.6) is 0 Å². The lowest BCUT2D eigenvalue weighted by Gasteiger charge is -2.44. The summed E-state index contributed by atoms with van der Waals surface area (Å²) in [6.07, 6.45) is 5.57. The van der Waals surface area contributed by atoms with Crippen molar-refractivity contribution in [2.75, 3.05) is 0 Å². The Morgan fingerprint density at radius 2 is 0.932 bits per heavy atom. The minimum Gasteiger partial charge on any atom is -0.208 e. The topological polar surface area (TPSA) is 38.7 Å². The largest absolute Gasteiger partial charge is 0.208 e. The molecule has 0 saturated heterocycles. The van der Waals surface area contributed by atoms with Gasteiger partial charge in [0.1, 0.15) is 0 Å². The first-order valence-electron chi connectivity index (χ1n) is 21.4. The maximum Gasteiger partial charge on any atom is 0.165 e. The number of fused-ring (bicyclic) bond motifs is 5. The van der Waals surface area contributed by atoms with Crippen molar-refractivity contribution >= 4 is 21.5 Å². The highest BCUT2D eigenvalue weighted by Crippen LogP contribution is 2.73. The van der Waals surface area contributed by atoms with Crippen LogP contribution >= 0.6 is 0 Å². The van der Waals surface area contributed by atoms with Crippen molar-refractivity contribution in [3.05, 3.63) is 187 Å². The second-order valence-electron chi connectivity index (χ2n) is 17.5. The third-order valence-corrected chi connectivity index (χ3v) is 14.7. The molecule has 9 aromatic rings. The molecule has 8 aromatic carbocycles. The Bertz CT molecular complexity index is 3090. The van der Waals surface area contributed by atoms with Crippen LogP contribution in [-0.4, -0.2) is 15.0 Å². The van der Waals surface area contributed by atoms with E-state index >= 15 is 0 Å². The molecular formula is C56H41N3. The normalized spacial score (nSPS) is 22.0. The maximum atomic E-state index is 5.43. The molecule has 0 aliphatic heterocycles. The van der Waals surface area contributed by atoms with E-state index in [1.165, 1.54) is 58.7 Å². The van der Waals surface area contributed by atoms with Gasteiger partial charge in [-0.05, 0) is 121 Å². The Morgan fingerprint density at radius 3 is 1.64 bits per heavy atom. The number of rotatable bonds is 5. The minimum atomic E-state index is 0.121. The standard InChI is InChI=1S/C56H41N3/c1-3-15-35(16-4-1)40-19-7-12-25-47(40)54-57-53(36-17-5-2-6-18-36)58-55(59-54)52-45-23-10-8-21-43(45)51(44-22-9-11-24-46(44)52)37-27-28-42-41-20-13-14-26-48(41)56(50(42)33-37)39-30-34-29-38(32-39)49(56)31-34/h1-28,33-34,38-39,49H,29-32H2. The highest BCUT2D eigenvalue weighted by atomic mass is 15.0. The van der Waals surface area contributed by atoms with Gasteiger partial charge < -0.3 is 0 Å². The molecule has 5 aliphatic rings. The Hall–Kier alpha value is -6.71. The summed E-state index contributed by atoms with van der Waals surface area (Å²) >= 11 is 0. The van der Waals surface area contributed by atoms with Crippen molar-refractivity contribution < 1.29 is 0 Å². The maximum absolute atomic E-state index is 5.43. The third kappa shape index (κ3) is 4.73. The summed E-state index contributed by atoms with van der Waals surface area (Å²) in [5.74, 6) is 5.23. The van der Waals surface area contributed by atoms with Gasteiger partial charge in [0.2, 0.25) is 0 Å². The molecule has 1 aromatic heterocycles. The van der Waals surface area contributed by atoms with E-state index in [0.29, 0.717) is 17.5 Å². The van der Waals surface area contributed by atoms with Crippen molar-refractivity contribution in [2.24, 2.45) is 23.7 Å². The second-order valence-corrected chi connectivity index (χ2v) is 17.5. The molecule has 4 saturated carbocycles. The number of aromatic nitrogens is 3. The molecule has 14 rings (SSSR count). The summed E-state index contributed by atoms with van der Waals surface area (Å²) < 4.78 is 0. The average molecular weight is 756 g/mol. The molecule has 0 radical (unpaired) electrons. The van der Waals surface area contributed by atoms with E-state index in [1.807, 2.05) is 6.07 Å². The van der Waals surface area contributed by atoms with Crippen molar-refractivity contribution in [3.63, 3.8) is 0 Å². The lowest BCUT2D eigenvalue weighted by atomic mass is 9.59. The fraction of sp³-hybridized carbons (Fsp3) is 0.161. The molecule has 59 heavy (non-hydrogen) atoms. The summed E-state index contributed by atoms with van der Waals surface area (Å²) in [6, 6.07) is 64.1. The molecule has 1 heterocycles. The molecule has 5 atom stereocenters. The first-order valence-corrected chi connectivity index (χ1v) is 21.4. The second kappa shape index (κ2) is 12.6. The molecule has 0 amide bonds. The van der Waals surface area contributed by atoms with Gasteiger partial charge in [0, 0.05) is 22.1 Å². The van der Waals surface area contributed by atoms with Gasteiger partial charge in [-0.15, -0.1) is 0 Å². The van der Waals surface area contributed by atoms with Crippen LogP contribution in [0.2, 0.25) is 0 Å². The van der Waals surface area contributed by atoms with Crippen LogP contribution in [-0.2, 0) is 5.41 Å². The van der Waals surface area contributed by atoms with Crippen LogP contribution in [0.1, 0.15) is 36.8 Å². The minimum absolute atomic E-state index is 0.121. The highest BCUT2D eigenvalue weighted by molar-refractivity contribution is 6.21. The average Bonchev–Trinajstić information content (AvgIpc) is 3.85. The molecule has 3 nitrogen and oxygen atoms in total. The molecule has 0 N–H and O–H groups in total. The Kier molecular flexibility index (Phi) is 7.13. The smallest absolute Gasteiger partial charge is 0.165 e. The SMILES string of the molecule is c1ccc(-c2nc(-c3ccccc3-c3ccccc3)nc(-c3c4ccccc4c(-c4ccc5c(c4)C4(c6ccccc6-5)C5CC6CC(C5)C4C6)c4ccccc34)n2)cc1. The summed E-state index contributed by atoms with van der Waals surface area (Å²) in [7, 11) is 0. The lowest BCUT2D eigenvalue weighted by molar-refractivity contribution is 0.191. The van der Waals surface area contributed by atoms with Gasteiger partial charge in [0.25, 0.3) is 0 Å². The number of hydrogen-bond donors (Lipinski definition) is 0. The van der Waals surface area contributed by atoms with E-state index in [1.54, 1.807) is 11.1 Å². The van der Waals surface area contributed by atoms with E-state index in [2.05, 4.69) is 170 Å². The molecular weight excluding hydrogens is 715 g/mol. The Labute approximate surface area is 344 Å². The van der Waals surface area contributed by atoms with Gasteiger partial charge in [-0.1, -0.05) is 170 Å². The van der Waals surface area contributed by atoms with Gasteiger partial charge in [-0.3, -0.25) is 0 Å². The van der Waals surface area contributed by atoms with Crippen molar-refractivity contribution in [2.45, 2.75) is 31.1 Å². The zero-order valence-electron chi connectivity index (χ0n) is 32.7. The van der Waals surface area contributed by atoms with Crippen LogP contribution in [0.4, 0.5) is 0 Å². The summed E-state index contributed by atoms with van der Waals surface area (Å²) in [6.45, 7) is 0. The monoisotopic (exact) mass is 755 g/mol. The van der Waals surface area contributed by atoms with Gasteiger partial charge in [0.05, 0.1) is 0 Å². The van der Waals surface area contributed by atoms with E-state index in [9.17, 15) is 0 Å². The quantitative estimate of drug-likeness (QED) is 0.164. The van der Waals surface area contributed by atoms with Gasteiger partial charge in [0.15, 0.2) is 17.5 Å². The molecule has 3 heteroatoms. The number of nitrogens with zero attached hydrogens (tertiary/aromatic N) is 3. The molecule has 4 fully saturated rings. The molecule has 4 bridgehead atoms. The van der Waals surface area contributed by atoms with Gasteiger partial charge >= 0.3 is 0 Å². The first kappa shape index (κ1) is 33.3. The number of hydrogen-bond acceptors (Lipinski definition) is 3. The van der Waals surface area contributed by atoms with Gasteiger partial charge in [-0.2, -0.15) is 0 Å². The van der Waals surface area contributed by atoms with Crippen LogP contribution < -0.4 is 0 Å². The van der Waals surface area contributed by atoms with E-state index < -0.39 is 0 Å². The van der Waals surface area contributed by atoms with Crippen LogP contribution in [0.25, 0.3) is 89.1 Å². The zero-order chi connectivity index (χ0) is 38.7. The Morgan fingerprint density at radius 1 is 0.373 bits per heavy atom. The molecule has 1 spiro atoms. The molecule has 5 unspecified atom stereocenters. The number of benzene rings is 8. The summed E-state index contributed by atoms with van der Waals surface area (Å²) in [5, 5.41) is 4.72. The van der Waals surface area contributed by atoms with Crippen molar-refractivity contribution in [1.29, 1.82) is 0 Å². The first-order chi connectivity index (χ1) is 29.2. The Balaban J connectivity index is 1.06.